The molecule has 1 aromatic heterocycles. The number of carbonyl (C=O) groups is 1. The van der Waals surface area contributed by atoms with Crippen molar-refractivity contribution in [2.45, 2.75) is 33.3 Å². The van der Waals surface area contributed by atoms with E-state index >= 15 is 0 Å². The average molecular weight is 279 g/mol. The van der Waals surface area contributed by atoms with Crippen molar-refractivity contribution < 1.29 is 9.90 Å². The summed E-state index contributed by atoms with van der Waals surface area (Å²) in [4.78, 5) is 18.2. The highest BCUT2D eigenvalue weighted by Crippen LogP contribution is 2.21. The molecule has 0 aliphatic carbocycles. The molecule has 0 fully saturated rings. The van der Waals surface area contributed by atoms with Gasteiger partial charge in [0.1, 0.15) is 5.82 Å². The van der Waals surface area contributed by atoms with Crippen molar-refractivity contribution in [2.24, 2.45) is 5.41 Å². The first kappa shape index (κ1) is 16.4. The Labute approximate surface area is 121 Å². The van der Waals surface area contributed by atoms with Crippen LogP contribution in [0.3, 0.4) is 0 Å². The topological polar surface area (TPSA) is 65.5 Å². The minimum atomic E-state index is -0.372. The molecule has 1 aromatic rings. The van der Waals surface area contributed by atoms with Gasteiger partial charge in [0.15, 0.2) is 0 Å². The Kier molecular flexibility index (Phi) is 5.51. The van der Waals surface area contributed by atoms with Crippen LogP contribution in [0.25, 0.3) is 0 Å². The molecule has 0 saturated carbocycles. The van der Waals surface area contributed by atoms with E-state index in [2.05, 4.69) is 10.3 Å². The lowest BCUT2D eigenvalue weighted by molar-refractivity contribution is 0.0902. The highest BCUT2D eigenvalue weighted by molar-refractivity contribution is 5.94. The molecule has 0 spiro atoms. The Morgan fingerprint density at radius 1 is 1.50 bits per heavy atom. The van der Waals surface area contributed by atoms with Gasteiger partial charge in [-0.05, 0) is 30.9 Å². The number of rotatable bonds is 6. The van der Waals surface area contributed by atoms with E-state index in [1.807, 2.05) is 32.8 Å². The van der Waals surface area contributed by atoms with Crippen molar-refractivity contribution in [1.82, 2.24) is 10.3 Å². The summed E-state index contributed by atoms with van der Waals surface area (Å²) in [5.74, 6) is 0.634. The lowest BCUT2D eigenvalue weighted by Crippen LogP contribution is -2.35. The molecule has 1 heterocycles. The van der Waals surface area contributed by atoms with Crippen LogP contribution < -0.4 is 10.2 Å². The van der Waals surface area contributed by atoms with E-state index in [4.69, 9.17) is 0 Å². The van der Waals surface area contributed by atoms with Crippen LogP contribution in [0.15, 0.2) is 18.3 Å². The fourth-order valence-electron chi connectivity index (χ4n) is 2.10. The highest BCUT2D eigenvalue weighted by Gasteiger charge is 2.21. The van der Waals surface area contributed by atoms with Gasteiger partial charge in [-0.2, -0.15) is 0 Å². The van der Waals surface area contributed by atoms with E-state index in [0.29, 0.717) is 18.5 Å². The zero-order chi connectivity index (χ0) is 15.3. The molecule has 2 N–H and O–H groups in total. The van der Waals surface area contributed by atoms with Crippen LogP contribution >= 0.6 is 0 Å². The summed E-state index contributed by atoms with van der Waals surface area (Å²) in [5.41, 5.74) is 0.456. The molecule has 1 rings (SSSR count). The van der Waals surface area contributed by atoms with E-state index in [9.17, 15) is 9.90 Å². The quantitative estimate of drug-likeness (QED) is 0.831. The van der Waals surface area contributed by atoms with Crippen LogP contribution in [0.5, 0.6) is 0 Å². The molecule has 112 valence electrons. The number of hydrogen-bond acceptors (Lipinski definition) is 4. The summed E-state index contributed by atoms with van der Waals surface area (Å²) in [7, 11) is 3.77. The first-order valence-electron chi connectivity index (χ1n) is 6.81. The van der Waals surface area contributed by atoms with E-state index < -0.39 is 0 Å². The second kappa shape index (κ2) is 6.70. The fraction of sp³-hybridized carbons (Fsp3) is 0.600. The number of amides is 1. The number of aromatic nitrogens is 1. The third kappa shape index (κ3) is 5.17. The summed E-state index contributed by atoms with van der Waals surface area (Å²) < 4.78 is 0. The molecule has 1 amide bonds. The molecule has 0 saturated heterocycles. The minimum Gasteiger partial charge on any atom is -0.393 e. The van der Waals surface area contributed by atoms with Crippen molar-refractivity contribution in [3.63, 3.8) is 0 Å². The van der Waals surface area contributed by atoms with Crippen LogP contribution in [0.4, 0.5) is 5.82 Å². The van der Waals surface area contributed by atoms with Gasteiger partial charge in [-0.3, -0.25) is 4.79 Å². The average Bonchev–Trinajstić information content (AvgIpc) is 2.34. The number of nitrogens with zero attached hydrogens (tertiary/aromatic N) is 2. The third-order valence-electron chi connectivity index (χ3n) is 3.04. The van der Waals surface area contributed by atoms with Gasteiger partial charge >= 0.3 is 0 Å². The summed E-state index contributed by atoms with van der Waals surface area (Å²) >= 11 is 0. The van der Waals surface area contributed by atoms with Gasteiger partial charge in [0.05, 0.1) is 6.10 Å². The number of aliphatic hydroxyl groups is 1. The Morgan fingerprint density at radius 2 is 2.15 bits per heavy atom. The first-order valence-corrected chi connectivity index (χ1v) is 6.81. The second-order valence-corrected chi connectivity index (χ2v) is 6.20. The Hall–Kier alpha value is -1.62. The molecular formula is C15H25N3O2. The van der Waals surface area contributed by atoms with Crippen molar-refractivity contribution >= 4 is 11.7 Å². The molecule has 0 bridgehead atoms. The minimum absolute atomic E-state index is 0.117. The summed E-state index contributed by atoms with van der Waals surface area (Å²) in [6.07, 6.45) is 1.90. The largest absolute Gasteiger partial charge is 0.393 e. The van der Waals surface area contributed by atoms with E-state index in [1.54, 1.807) is 25.3 Å². The van der Waals surface area contributed by atoms with Crippen LogP contribution in [-0.4, -0.2) is 42.7 Å². The van der Waals surface area contributed by atoms with Crippen molar-refractivity contribution in [2.75, 3.05) is 25.5 Å². The van der Waals surface area contributed by atoms with Crippen LogP contribution in [0.2, 0.25) is 0 Å². The van der Waals surface area contributed by atoms with Crippen molar-refractivity contribution in [1.29, 1.82) is 0 Å². The van der Waals surface area contributed by atoms with Gasteiger partial charge < -0.3 is 15.3 Å². The highest BCUT2D eigenvalue weighted by atomic mass is 16.3. The fourth-order valence-corrected chi connectivity index (χ4v) is 2.10. The van der Waals surface area contributed by atoms with Gasteiger partial charge in [0.25, 0.3) is 5.91 Å². The van der Waals surface area contributed by atoms with Gasteiger partial charge in [-0.15, -0.1) is 0 Å². The normalized spacial score (nSPS) is 12.9. The molecule has 1 atom stereocenters. The zero-order valence-electron chi connectivity index (χ0n) is 13.0. The van der Waals surface area contributed by atoms with Gasteiger partial charge in [-0.25, -0.2) is 4.98 Å². The lowest BCUT2D eigenvalue weighted by Gasteiger charge is -2.26. The number of anilines is 1. The standard InChI is InChI=1S/C15H25N3O2/c1-11(19)9-15(2,3)10-17-14(20)12-6-7-16-13(8-12)18(4)5/h6-8,11,19H,9-10H2,1-5H3,(H,17,20). The molecule has 0 aromatic carbocycles. The number of nitrogens with one attached hydrogen (secondary N) is 1. The van der Waals surface area contributed by atoms with E-state index in [-0.39, 0.29) is 17.4 Å². The second-order valence-electron chi connectivity index (χ2n) is 6.20. The summed E-state index contributed by atoms with van der Waals surface area (Å²) in [6.45, 7) is 6.34. The number of aliphatic hydroxyl groups excluding tert-OH is 1. The van der Waals surface area contributed by atoms with Crippen LogP contribution in [0.1, 0.15) is 37.6 Å². The predicted molar refractivity (Wildman–Crippen MR) is 81.0 cm³/mol. The van der Waals surface area contributed by atoms with Crippen molar-refractivity contribution in [3.8, 4) is 0 Å². The van der Waals surface area contributed by atoms with Gasteiger partial charge in [-0.1, -0.05) is 13.8 Å². The Balaban J connectivity index is 2.65. The number of hydrogen-bond donors (Lipinski definition) is 2. The number of carbonyl (C=O) groups excluding carboxylic acids is 1. The molecule has 5 nitrogen and oxygen atoms in total. The van der Waals surface area contributed by atoms with E-state index in [0.717, 1.165) is 5.82 Å². The zero-order valence-corrected chi connectivity index (χ0v) is 13.0. The summed E-state index contributed by atoms with van der Waals surface area (Å²) in [6, 6.07) is 3.46. The molecule has 5 heteroatoms. The van der Waals surface area contributed by atoms with Crippen LogP contribution in [0, 0.1) is 5.41 Å². The monoisotopic (exact) mass is 279 g/mol. The molecule has 0 radical (unpaired) electrons. The van der Waals surface area contributed by atoms with E-state index in [1.165, 1.54) is 0 Å². The van der Waals surface area contributed by atoms with Crippen LogP contribution in [-0.2, 0) is 0 Å². The number of pyridine rings is 1. The maximum atomic E-state index is 12.1. The SMILES string of the molecule is CC(O)CC(C)(C)CNC(=O)c1ccnc(N(C)C)c1. The molecular weight excluding hydrogens is 254 g/mol. The van der Waals surface area contributed by atoms with Gasteiger partial charge in [0.2, 0.25) is 0 Å². The Bertz CT molecular complexity index is 456. The predicted octanol–water partition coefficient (Wildman–Crippen LogP) is 1.67. The Morgan fingerprint density at radius 3 is 2.70 bits per heavy atom. The maximum absolute atomic E-state index is 12.1. The smallest absolute Gasteiger partial charge is 0.251 e. The lowest BCUT2D eigenvalue weighted by atomic mass is 9.87. The summed E-state index contributed by atoms with van der Waals surface area (Å²) in [5, 5.41) is 12.4. The molecule has 0 aliphatic heterocycles. The maximum Gasteiger partial charge on any atom is 0.251 e. The third-order valence-corrected chi connectivity index (χ3v) is 3.04. The van der Waals surface area contributed by atoms with Gasteiger partial charge in [0, 0.05) is 32.4 Å². The molecule has 0 aliphatic rings. The first-order chi connectivity index (χ1) is 9.21. The molecule has 1 unspecified atom stereocenters. The molecule has 20 heavy (non-hydrogen) atoms. The van der Waals surface area contributed by atoms with Crippen molar-refractivity contribution in [3.05, 3.63) is 23.9 Å².